The Balaban J connectivity index is 1.48. The van der Waals surface area contributed by atoms with Gasteiger partial charge in [0, 0.05) is 33.2 Å². The first kappa shape index (κ1) is 22.4. The molecule has 1 aliphatic heterocycles. The lowest BCUT2D eigenvalue weighted by Crippen LogP contribution is -2.27. The molecule has 0 unspecified atom stereocenters. The van der Waals surface area contributed by atoms with Gasteiger partial charge in [-0.05, 0) is 48.5 Å². The molecule has 0 bridgehead atoms. The fraction of sp³-hybridized carbons (Fsp3) is 0.111. The lowest BCUT2D eigenvalue weighted by Gasteiger charge is -2.12. The molecule has 0 atom stereocenters. The van der Waals surface area contributed by atoms with Crippen molar-refractivity contribution in [3.63, 3.8) is 0 Å². The van der Waals surface area contributed by atoms with Gasteiger partial charge in [-0.2, -0.15) is 0 Å². The Bertz CT molecular complexity index is 1460. The van der Waals surface area contributed by atoms with Crippen molar-refractivity contribution in [2.75, 3.05) is 0 Å². The summed E-state index contributed by atoms with van der Waals surface area (Å²) in [6.45, 7) is 2.45. The summed E-state index contributed by atoms with van der Waals surface area (Å²) in [6, 6.07) is 20.1. The lowest BCUT2D eigenvalue weighted by molar-refractivity contribution is -0.123. The number of rotatable bonds is 5. The molecule has 1 aromatic heterocycles. The van der Waals surface area contributed by atoms with Crippen molar-refractivity contribution < 1.29 is 14.0 Å². The van der Waals surface area contributed by atoms with Gasteiger partial charge in [0.25, 0.3) is 11.1 Å². The molecule has 1 aliphatic rings. The maximum atomic E-state index is 14.4. The fourth-order valence-corrected chi connectivity index (χ4v) is 5.20. The number of imide groups is 1. The van der Waals surface area contributed by atoms with Crippen LogP contribution in [0.4, 0.5) is 9.18 Å². The van der Waals surface area contributed by atoms with Crippen LogP contribution < -0.4 is 0 Å². The molecule has 4 aromatic rings. The molecule has 1 saturated heterocycles. The molecule has 34 heavy (non-hydrogen) atoms. The Labute approximate surface area is 205 Å². The highest BCUT2D eigenvalue weighted by atomic mass is 35.5. The molecular weight excluding hydrogens is 471 g/mol. The van der Waals surface area contributed by atoms with Crippen molar-refractivity contribution in [3.05, 3.63) is 111 Å². The highest BCUT2D eigenvalue weighted by Gasteiger charge is 2.35. The highest BCUT2D eigenvalue weighted by Crippen LogP contribution is 2.35. The maximum Gasteiger partial charge on any atom is 0.293 e. The second-order valence-electron chi connectivity index (χ2n) is 8.19. The Hall–Kier alpha value is -3.35. The molecule has 1 fully saturated rings. The van der Waals surface area contributed by atoms with E-state index in [1.54, 1.807) is 18.2 Å². The predicted molar refractivity (Wildman–Crippen MR) is 135 cm³/mol. The zero-order valence-corrected chi connectivity index (χ0v) is 19.9. The normalized spacial score (nSPS) is 15.1. The highest BCUT2D eigenvalue weighted by molar-refractivity contribution is 8.18. The summed E-state index contributed by atoms with van der Waals surface area (Å²) in [4.78, 5) is 27.3. The molecule has 2 amide bonds. The van der Waals surface area contributed by atoms with Crippen LogP contribution in [0.3, 0.4) is 0 Å². The van der Waals surface area contributed by atoms with Crippen molar-refractivity contribution >= 4 is 51.5 Å². The number of benzene rings is 3. The van der Waals surface area contributed by atoms with Crippen LogP contribution in [0, 0.1) is 12.7 Å². The van der Waals surface area contributed by atoms with E-state index < -0.39 is 0 Å². The summed E-state index contributed by atoms with van der Waals surface area (Å²) in [7, 11) is 0. The molecule has 170 valence electrons. The van der Waals surface area contributed by atoms with Gasteiger partial charge in [-0.15, -0.1) is 0 Å². The first-order valence-corrected chi connectivity index (χ1v) is 11.9. The van der Waals surface area contributed by atoms with Crippen LogP contribution in [0.15, 0.2) is 77.8 Å². The van der Waals surface area contributed by atoms with Gasteiger partial charge in [0.15, 0.2) is 0 Å². The Morgan fingerprint density at radius 1 is 1.00 bits per heavy atom. The van der Waals surface area contributed by atoms with Crippen molar-refractivity contribution in [1.82, 2.24) is 9.47 Å². The standard InChI is InChI=1S/C27H20ClFN2O2S/c1-17-6-4-7-18(12-17)14-31-26(32)25(34-27(31)33)13-19-15-30(24-11-3-2-8-20(19)24)16-21-22(28)9-5-10-23(21)29/h2-13,15H,14,16H2,1H3/b25-13+. The summed E-state index contributed by atoms with van der Waals surface area (Å²) >= 11 is 7.18. The summed E-state index contributed by atoms with van der Waals surface area (Å²) in [5, 5.41) is 0.969. The number of halogens is 2. The molecule has 0 saturated carbocycles. The molecule has 2 heterocycles. The number of nitrogens with zero attached hydrogens (tertiary/aromatic N) is 2. The average molecular weight is 491 g/mol. The van der Waals surface area contributed by atoms with Gasteiger partial charge >= 0.3 is 0 Å². The summed E-state index contributed by atoms with van der Waals surface area (Å²) < 4.78 is 16.3. The smallest absolute Gasteiger partial charge is 0.293 e. The van der Waals surface area contributed by atoms with E-state index in [4.69, 9.17) is 11.6 Å². The van der Waals surface area contributed by atoms with Gasteiger partial charge in [-0.25, -0.2) is 4.39 Å². The Kier molecular flexibility index (Phi) is 6.02. The number of fused-ring (bicyclic) bond motifs is 1. The molecule has 0 spiro atoms. The zero-order chi connectivity index (χ0) is 23.8. The van der Waals surface area contributed by atoms with E-state index in [1.165, 1.54) is 11.0 Å². The number of hydrogen-bond donors (Lipinski definition) is 0. The minimum absolute atomic E-state index is 0.233. The van der Waals surface area contributed by atoms with Crippen LogP contribution in [0.1, 0.15) is 22.3 Å². The summed E-state index contributed by atoms with van der Waals surface area (Å²) in [5.41, 5.74) is 4.04. The lowest BCUT2D eigenvalue weighted by atomic mass is 10.1. The summed E-state index contributed by atoms with van der Waals surface area (Å²) in [6.07, 6.45) is 3.60. The van der Waals surface area contributed by atoms with Crippen LogP contribution in [-0.2, 0) is 17.9 Å². The van der Waals surface area contributed by atoms with Crippen molar-refractivity contribution in [1.29, 1.82) is 0 Å². The number of carbonyl (C=O) groups is 2. The molecule has 5 rings (SSSR count). The van der Waals surface area contributed by atoms with Crippen LogP contribution in [0.2, 0.25) is 5.02 Å². The third kappa shape index (κ3) is 4.27. The van der Waals surface area contributed by atoms with E-state index in [-0.39, 0.29) is 30.1 Å². The van der Waals surface area contributed by atoms with Crippen LogP contribution >= 0.6 is 23.4 Å². The third-order valence-electron chi connectivity index (χ3n) is 5.79. The second kappa shape index (κ2) is 9.12. The predicted octanol–water partition coefficient (Wildman–Crippen LogP) is 7.03. The first-order chi connectivity index (χ1) is 16.4. The molecule has 7 heteroatoms. The van der Waals surface area contributed by atoms with Crippen LogP contribution in [-0.4, -0.2) is 20.6 Å². The molecule has 0 aliphatic carbocycles. The Morgan fingerprint density at radius 2 is 1.79 bits per heavy atom. The van der Waals surface area contributed by atoms with E-state index in [2.05, 4.69) is 0 Å². The number of para-hydroxylation sites is 1. The second-order valence-corrected chi connectivity index (χ2v) is 9.59. The SMILES string of the molecule is Cc1cccc(CN2C(=O)S/C(=C/c3cn(Cc4c(F)cccc4Cl)c4ccccc34)C2=O)c1. The Morgan fingerprint density at radius 3 is 2.59 bits per heavy atom. The van der Waals surface area contributed by atoms with E-state index in [0.717, 1.165) is 39.4 Å². The zero-order valence-electron chi connectivity index (χ0n) is 18.3. The number of aryl methyl sites for hydroxylation is 1. The summed E-state index contributed by atoms with van der Waals surface area (Å²) in [5.74, 6) is -0.686. The minimum Gasteiger partial charge on any atom is -0.342 e. The number of carbonyl (C=O) groups excluding carboxylic acids is 2. The van der Waals surface area contributed by atoms with E-state index in [0.29, 0.717) is 15.5 Å². The molecule has 0 N–H and O–H groups in total. The molecule has 3 aromatic carbocycles. The minimum atomic E-state index is -0.371. The third-order valence-corrected chi connectivity index (χ3v) is 7.05. The number of hydrogen-bond acceptors (Lipinski definition) is 3. The van der Waals surface area contributed by atoms with Crippen molar-refractivity contribution in [2.24, 2.45) is 0 Å². The van der Waals surface area contributed by atoms with Gasteiger partial charge in [0.05, 0.1) is 18.0 Å². The van der Waals surface area contributed by atoms with E-state index in [9.17, 15) is 14.0 Å². The number of thioether (sulfide) groups is 1. The molecular formula is C27H20ClFN2O2S. The van der Waals surface area contributed by atoms with Gasteiger partial charge in [0.2, 0.25) is 0 Å². The first-order valence-electron chi connectivity index (χ1n) is 10.7. The van der Waals surface area contributed by atoms with Crippen molar-refractivity contribution in [2.45, 2.75) is 20.0 Å². The molecule has 4 nitrogen and oxygen atoms in total. The molecule has 0 radical (unpaired) electrons. The maximum absolute atomic E-state index is 14.4. The monoisotopic (exact) mass is 490 g/mol. The number of amides is 2. The van der Waals surface area contributed by atoms with Crippen LogP contribution in [0.5, 0.6) is 0 Å². The van der Waals surface area contributed by atoms with Gasteiger partial charge in [-0.3, -0.25) is 14.5 Å². The van der Waals surface area contributed by atoms with Gasteiger partial charge in [-0.1, -0.05) is 65.7 Å². The topological polar surface area (TPSA) is 42.3 Å². The van der Waals surface area contributed by atoms with Crippen molar-refractivity contribution in [3.8, 4) is 0 Å². The van der Waals surface area contributed by atoms with Gasteiger partial charge in [0.1, 0.15) is 5.82 Å². The van der Waals surface area contributed by atoms with Gasteiger partial charge < -0.3 is 4.57 Å². The fourth-order valence-electron chi connectivity index (χ4n) is 4.15. The van der Waals surface area contributed by atoms with Crippen LogP contribution in [0.25, 0.3) is 17.0 Å². The number of aromatic nitrogens is 1. The van der Waals surface area contributed by atoms with E-state index >= 15 is 0 Å². The van der Waals surface area contributed by atoms with E-state index in [1.807, 2.05) is 66.2 Å². The quantitative estimate of drug-likeness (QED) is 0.282. The average Bonchev–Trinajstić information content (AvgIpc) is 3.29. The largest absolute Gasteiger partial charge is 0.342 e.